The van der Waals surface area contributed by atoms with Crippen molar-refractivity contribution < 1.29 is 9.53 Å². The van der Waals surface area contributed by atoms with Gasteiger partial charge in [0, 0.05) is 42.8 Å². The topological polar surface area (TPSA) is 55.3 Å². The summed E-state index contributed by atoms with van der Waals surface area (Å²) in [6, 6.07) is 7.06. The quantitative estimate of drug-likeness (QED) is 0.916. The average Bonchev–Trinajstić information content (AvgIpc) is 3.17. The lowest BCUT2D eigenvalue weighted by Crippen LogP contribution is -2.23. The van der Waals surface area contributed by atoms with Gasteiger partial charge in [-0.2, -0.15) is 0 Å². The summed E-state index contributed by atoms with van der Waals surface area (Å²) in [4.78, 5) is 11.4. The highest BCUT2D eigenvalue weighted by molar-refractivity contribution is 5.88. The molecule has 5 heteroatoms. The molecule has 1 aromatic heterocycles. The first-order valence-corrected chi connectivity index (χ1v) is 7.94. The van der Waals surface area contributed by atoms with Crippen LogP contribution in [0.15, 0.2) is 18.2 Å². The maximum absolute atomic E-state index is 11.4. The third-order valence-electron chi connectivity index (χ3n) is 4.77. The highest BCUT2D eigenvalue weighted by Crippen LogP contribution is 2.40. The fraction of sp³-hybridized carbons (Fsp3) is 0.471. The Kier molecular flexibility index (Phi) is 3.11. The van der Waals surface area contributed by atoms with Gasteiger partial charge in [0.2, 0.25) is 0 Å². The molecule has 22 heavy (non-hydrogen) atoms. The van der Waals surface area contributed by atoms with Gasteiger partial charge in [-0.25, -0.2) is 4.79 Å². The third-order valence-corrected chi connectivity index (χ3v) is 4.77. The number of aryl methyl sites for hydroxylation is 2. The van der Waals surface area contributed by atoms with Gasteiger partial charge in [0.05, 0.1) is 0 Å². The summed E-state index contributed by atoms with van der Waals surface area (Å²) in [6.45, 7) is 0. The normalized spacial score (nSPS) is 20.2. The lowest BCUT2D eigenvalue weighted by Gasteiger charge is -2.15. The summed E-state index contributed by atoms with van der Waals surface area (Å²) < 4.78 is 7.56. The SMILES string of the molecule is CNC(=O)Oc1ccc2c(c1)c1c(n2C)C(NC2CC2)CC1. The second-order valence-corrected chi connectivity index (χ2v) is 6.27. The Bertz CT molecular complexity index is 746. The van der Waals surface area contributed by atoms with E-state index < -0.39 is 6.09 Å². The van der Waals surface area contributed by atoms with Crippen molar-refractivity contribution >= 4 is 17.0 Å². The first kappa shape index (κ1) is 13.6. The van der Waals surface area contributed by atoms with Gasteiger partial charge in [-0.1, -0.05) is 0 Å². The summed E-state index contributed by atoms with van der Waals surface area (Å²) in [5, 5.41) is 7.44. The number of nitrogens with zero attached hydrogens (tertiary/aromatic N) is 1. The van der Waals surface area contributed by atoms with E-state index >= 15 is 0 Å². The number of nitrogens with one attached hydrogen (secondary N) is 2. The first-order valence-electron chi connectivity index (χ1n) is 7.94. The summed E-state index contributed by atoms with van der Waals surface area (Å²) in [7, 11) is 3.70. The molecule has 0 bridgehead atoms. The van der Waals surface area contributed by atoms with E-state index in [0.717, 1.165) is 12.8 Å². The number of carbonyl (C=O) groups is 1. The van der Waals surface area contributed by atoms with Crippen LogP contribution >= 0.6 is 0 Å². The standard InChI is InChI=1S/C17H21N3O2/c1-18-17(21)22-11-5-8-15-13(9-11)12-6-7-14(16(12)20(15)2)19-10-3-4-10/h5,8-10,14,19H,3-4,6-7H2,1-2H3,(H,18,21). The zero-order valence-electron chi connectivity index (χ0n) is 13.0. The van der Waals surface area contributed by atoms with E-state index in [4.69, 9.17) is 4.74 Å². The van der Waals surface area contributed by atoms with Crippen molar-refractivity contribution in [2.75, 3.05) is 7.05 Å². The van der Waals surface area contributed by atoms with Crippen LogP contribution in [0.4, 0.5) is 4.79 Å². The molecule has 1 unspecified atom stereocenters. The van der Waals surface area contributed by atoms with Crippen molar-refractivity contribution in [1.82, 2.24) is 15.2 Å². The van der Waals surface area contributed by atoms with Gasteiger partial charge < -0.3 is 19.9 Å². The monoisotopic (exact) mass is 299 g/mol. The molecular weight excluding hydrogens is 278 g/mol. The number of hydrogen-bond donors (Lipinski definition) is 2. The van der Waals surface area contributed by atoms with Crippen molar-refractivity contribution in [2.45, 2.75) is 37.8 Å². The number of aromatic nitrogens is 1. The van der Waals surface area contributed by atoms with Crippen LogP contribution in [0.25, 0.3) is 10.9 Å². The number of rotatable bonds is 3. The average molecular weight is 299 g/mol. The van der Waals surface area contributed by atoms with Crippen LogP contribution in [0, 0.1) is 0 Å². The number of fused-ring (bicyclic) bond motifs is 3. The van der Waals surface area contributed by atoms with Crippen molar-refractivity contribution in [1.29, 1.82) is 0 Å². The number of benzene rings is 1. The predicted molar refractivity (Wildman–Crippen MR) is 85.2 cm³/mol. The maximum Gasteiger partial charge on any atom is 0.412 e. The molecule has 4 rings (SSSR count). The van der Waals surface area contributed by atoms with Gasteiger partial charge in [0.15, 0.2) is 0 Å². The van der Waals surface area contributed by atoms with Gasteiger partial charge in [0.1, 0.15) is 5.75 Å². The van der Waals surface area contributed by atoms with Crippen molar-refractivity contribution in [3.8, 4) is 5.75 Å². The van der Waals surface area contributed by atoms with Crippen LogP contribution in [0.3, 0.4) is 0 Å². The van der Waals surface area contributed by atoms with E-state index in [1.165, 1.54) is 35.0 Å². The molecule has 2 N–H and O–H groups in total. The van der Waals surface area contributed by atoms with Crippen LogP contribution in [-0.2, 0) is 13.5 Å². The van der Waals surface area contributed by atoms with Gasteiger partial charge in [-0.05, 0) is 49.4 Å². The molecule has 1 atom stereocenters. The van der Waals surface area contributed by atoms with Gasteiger partial charge in [-0.3, -0.25) is 0 Å². The maximum atomic E-state index is 11.4. The van der Waals surface area contributed by atoms with Crippen LogP contribution < -0.4 is 15.4 Å². The van der Waals surface area contributed by atoms with E-state index in [1.54, 1.807) is 7.05 Å². The molecule has 1 fully saturated rings. The summed E-state index contributed by atoms with van der Waals surface area (Å²) in [5.41, 5.74) is 4.01. The molecule has 1 heterocycles. The highest BCUT2D eigenvalue weighted by atomic mass is 16.5. The second kappa shape index (κ2) is 5.02. The summed E-state index contributed by atoms with van der Waals surface area (Å²) >= 11 is 0. The molecule has 2 aromatic rings. The summed E-state index contributed by atoms with van der Waals surface area (Å²) in [5.74, 6) is 0.596. The molecule has 5 nitrogen and oxygen atoms in total. The molecule has 1 amide bonds. The lowest BCUT2D eigenvalue weighted by atomic mass is 10.1. The van der Waals surface area contributed by atoms with Crippen LogP contribution in [-0.4, -0.2) is 23.7 Å². The molecule has 0 saturated heterocycles. The molecule has 1 aromatic carbocycles. The van der Waals surface area contributed by atoms with E-state index in [2.05, 4.69) is 22.2 Å². The van der Waals surface area contributed by atoms with E-state index in [1.807, 2.05) is 18.2 Å². The minimum Gasteiger partial charge on any atom is -0.410 e. The molecule has 0 spiro atoms. The van der Waals surface area contributed by atoms with E-state index in [0.29, 0.717) is 17.8 Å². The molecular formula is C17H21N3O2. The lowest BCUT2D eigenvalue weighted by molar-refractivity contribution is 0.203. The Hall–Kier alpha value is -2.01. The number of amides is 1. The second-order valence-electron chi connectivity index (χ2n) is 6.27. The molecule has 2 aliphatic carbocycles. The molecule has 1 saturated carbocycles. The smallest absolute Gasteiger partial charge is 0.410 e. The van der Waals surface area contributed by atoms with Crippen LogP contribution in [0.2, 0.25) is 0 Å². The van der Waals surface area contributed by atoms with E-state index in [9.17, 15) is 4.79 Å². The first-order chi connectivity index (χ1) is 10.7. The van der Waals surface area contributed by atoms with Crippen molar-refractivity contribution in [3.05, 3.63) is 29.5 Å². The zero-order chi connectivity index (χ0) is 15.3. The minimum atomic E-state index is -0.430. The fourth-order valence-electron chi connectivity index (χ4n) is 3.57. The molecule has 2 aliphatic rings. The Balaban J connectivity index is 1.73. The van der Waals surface area contributed by atoms with Crippen molar-refractivity contribution in [2.24, 2.45) is 7.05 Å². The van der Waals surface area contributed by atoms with Gasteiger partial charge >= 0.3 is 6.09 Å². The van der Waals surface area contributed by atoms with E-state index in [-0.39, 0.29) is 0 Å². The zero-order valence-corrected chi connectivity index (χ0v) is 13.0. The van der Waals surface area contributed by atoms with Crippen LogP contribution in [0.5, 0.6) is 5.75 Å². The summed E-state index contributed by atoms with van der Waals surface area (Å²) in [6.07, 6.45) is 4.42. The van der Waals surface area contributed by atoms with Gasteiger partial charge in [0.25, 0.3) is 0 Å². The Morgan fingerprint density at radius 1 is 1.32 bits per heavy atom. The van der Waals surface area contributed by atoms with Gasteiger partial charge in [-0.15, -0.1) is 0 Å². The molecule has 0 aliphatic heterocycles. The Labute approximate surface area is 129 Å². The number of hydrogen-bond acceptors (Lipinski definition) is 3. The highest BCUT2D eigenvalue weighted by Gasteiger charge is 2.33. The predicted octanol–water partition coefficient (Wildman–Crippen LogP) is 2.64. The largest absolute Gasteiger partial charge is 0.412 e. The fourth-order valence-corrected chi connectivity index (χ4v) is 3.57. The molecule has 0 radical (unpaired) electrons. The number of ether oxygens (including phenoxy) is 1. The third kappa shape index (κ3) is 2.16. The Morgan fingerprint density at radius 3 is 2.86 bits per heavy atom. The molecule has 116 valence electrons. The Morgan fingerprint density at radius 2 is 2.14 bits per heavy atom. The minimum absolute atomic E-state index is 0.430. The number of carbonyl (C=O) groups excluding carboxylic acids is 1. The van der Waals surface area contributed by atoms with Crippen LogP contribution in [0.1, 0.15) is 36.6 Å². The van der Waals surface area contributed by atoms with Crippen molar-refractivity contribution in [3.63, 3.8) is 0 Å².